The first-order chi connectivity index (χ1) is 7.45. The summed E-state index contributed by atoms with van der Waals surface area (Å²) in [4.78, 5) is 34.0. The minimum absolute atomic E-state index is 0.517. The summed E-state index contributed by atoms with van der Waals surface area (Å²) in [7, 11) is 0. The quantitative estimate of drug-likeness (QED) is 0.307. The smallest absolute Gasteiger partial charge is 0.239 e. The Bertz CT molecular complexity index is 530. The third kappa shape index (κ3) is 1.13. The Labute approximate surface area is 88.8 Å². The molecule has 0 saturated carbocycles. The van der Waals surface area contributed by atoms with Crippen LogP contribution >= 0.6 is 0 Å². The van der Waals surface area contributed by atoms with Gasteiger partial charge in [0.2, 0.25) is 17.3 Å². The van der Waals surface area contributed by atoms with Crippen LogP contribution in [-0.4, -0.2) is 38.8 Å². The molecule has 1 atom stereocenters. The second-order valence-electron chi connectivity index (χ2n) is 3.31. The number of phenols is 2. The number of ketones is 3. The Kier molecular flexibility index (Phi) is 2.02. The number of aromatic hydroxyl groups is 2. The SMILES string of the molecule is O=C1C(=O)[C@H](O)C(=O)c2c(O)ccc(O)c21. The average Bonchev–Trinajstić information content (AvgIpc) is 2.26. The highest BCUT2D eigenvalue weighted by atomic mass is 16.3. The van der Waals surface area contributed by atoms with E-state index in [-0.39, 0.29) is 0 Å². The first kappa shape index (κ1) is 10.3. The van der Waals surface area contributed by atoms with Gasteiger partial charge in [0.05, 0.1) is 11.1 Å². The minimum atomic E-state index is -2.10. The van der Waals surface area contributed by atoms with Crippen LogP contribution in [0.4, 0.5) is 0 Å². The maximum absolute atomic E-state index is 11.5. The molecule has 0 fully saturated rings. The lowest BCUT2D eigenvalue weighted by molar-refractivity contribution is -0.120. The molecule has 0 spiro atoms. The van der Waals surface area contributed by atoms with E-state index in [0.717, 1.165) is 12.1 Å². The molecule has 6 nitrogen and oxygen atoms in total. The van der Waals surface area contributed by atoms with Gasteiger partial charge in [-0.1, -0.05) is 0 Å². The normalized spacial score (nSPS) is 19.8. The van der Waals surface area contributed by atoms with Gasteiger partial charge in [-0.05, 0) is 12.1 Å². The molecule has 1 aliphatic rings. The molecule has 0 aromatic heterocycles. The van der Waals surface area contributed by atoms with E-state index in [2.05, 4.69) is 0 Å². The van der Waals surface area contributed by atoms with Crippen molar-refractivity contribution < 1.29 is 29.7 Å². The fourth-order valence-corrected chi connectivity index (χ4v) is 1.56. The molecule has 1 aliphatic carbocycles. The highest BCUT2D eigenvalue weighted by Crippen LogP contribution is 2.33. The third-order valence-corrected chi connectivity index (χ3v) is 2.36. The molecule has 0 bridgehead atoms. The van der Waals surface area contributed by atoms with E-state index in [9.17, 15) is 24.6 Å². The summed E-state index contributed by atoms with van der Waals surface area (Å²) in [6.07, 6.45) is -2.10. The summed E-state index contributed by atoms with van der Waals surface area (Å²) in [6.45, 7) is 0. The first-order valence-corrected chi connectivity index (χ1v) is 4.31. The lowest BCUT2D eigenvalue weighted by atomic mass is 9.85. The zero-order chi connectivity index (χ0) is 12.0. The lowest BCUT2D eigenvalue weighted by Gasteiger charge is -2.18. The van der Waals surface area contributed by atoms with Crippen molar-refractivity contribution in [3.8, 4) is 11.5 Å². The zero-order valence-corrected chi connectivity index (χ0v) is 7.80. The van der Waals surface area contributed by atoms with Crippen LogP contribution in [-0.2, 0) is 4.79 Å². The molecule has 0 aliphatic heterocycles. The fourth-order valence-electron chi connectivity index (χ4n) is 1.56. The average molecular weight is 222 g/mol. The molecule has 1 aromatic rings. The topological polar surface area (TPSA) is 112 Å². The van der Waals surface area contributed by atoms with Gasteiger partial charge in [0.1, 0.15) is 11.5 Å². The molecule has 16 heavy (non-hydrogen) atoms. The number of benzene rings is 1. The van der Waals surface area contributed by atoms with Gasteiger partial charge in [-0.2, -0.15) is 0 Å². The minimum Gasteiger partial charge on any atom is -0.507 e. The van der Waals surface area contributed by atoms with E-state index < -0.39 is 46.1 Å². The predicted octanol–water partition coefficient (Wildman–Crippen LogP) is -0.593. The van der Waals surface area contributed by atoms with Gasteiger partial charge in [-0.25, -0.2) is 0 Å². The van der Waals surface area contributed by atoms with Crippen molar-refractivity contribution in [3.63, 3.8) is 0 Å². The van der Waals surface area contributed by atoms with Crippen LogP contribution in [0.3, 0.4) is 0 Å². The number of Topliss-reactive ketones (excluding diaryl/α,β-unsaturated/α-hetero) is 3. The molecule has 3 N–H and O–H groups in total. The van der Waals surface area contributed by atoms with E-state index in [1.165, 1.54) is 0 Å². The molecule has 0 amide bonds. The molecule has 0 radical (unpaired) electrons. The molecule has 0 heterocycles. The van der Waals surface area contributed by atoms with Gasteiger partial charge in [-0.3, -0.25) is 14.4 Å². The lowest BCUT2D eigenvalue weighted by Crippen LogP contribution is -2.41. The van der Waals surface area contributed by atoms with Gasteiger partial charge in [0, 0.05) is 0 Å². The van der Waals surface area contributed by atoms with Crippen molar-refractivity contribution in [1.82, 2.24) is 0 Å². The van der Waals surface area contributed by atoms with Crippen molar-refractivity contribution in [1.29, 1.82) is 0 Å². The van der Waals surface area contributed by atoms with Crippen molar-refractivity contribution in [2.24, 2.45) is 0 Å². The highest BCUT2D eigenvalue weighted by Gasteiger charge is 2.42. The number of carbonyl (C=O) groups excluding carboxylic acids is 3. The van der Waals surface area contributed by atoms with Crippen LogP contribution in [0.1, 0.15) is 20.7 Å². The maximum Gasteiger partial charge on any atom is 0.239 e. The first-order valence-electron chi connectivity index (χ1n) is 4.31. The fraction of sp³-hybridized carbons (Fsp3) is 0.100. The summed E-state index contributed by atoms with van der Waals surface area (Å²) in [5, 5.41) is 27.9. The summed E-state index contributed by atoms with van der Waals surface area (Å²) >= 11 is 0. The molecular weight excluding hydrogens is 216 g/mol. The zero-order valence-electron chi connectivity index (χ0n) is 7.80. The number of aliphatic hydroxyl groups is 1. The van der Waals surface area contributed by atoms with Gasteiger partial charge in [0.25, 0.3) is 0 Å². The Morgan fingerprint density at radius 3 is 1.94 bits per heavy atom. The van der Waals surface area contributed by atoms with Crippen LogP contribution < -0.4 is 0 Å². The number of aliphatic hydroxyl groups excluding tert-OH is 1. The number of hydrogen-bond acceptors (Lipinski definition) is 6. The Morgan fingerprint density at radius 1 is 0.875 bits per heavy atom. The standard InChI is InChI=1S/C10H6O6/c11-3-1-2-4(12)6-5(3)7(13)9(15)10(16)8(6)14/h1-2,9,11-12,15H/t9-/m1/s1. The number of rotatable bonds is 0. The van der Waals surface area contributed by atoms with E-state index in [4.69, 9.17) is 5.11 Å². The summed E-state index contributed by atoms with van der Waals surface area (Å²) in [5.41, 5.74) is -1.07. The largest absolute Gasteiger partial charge is 0.507 e. The highest BCUT2D eigenvalue weighted by molar-refractivity contribution is 6.53. The Morgan fingerprint density at radius 2 is 1.38 bits per heavy atom. The van der Waals surface area contributed by atoms with E-state index in [1.54, 1.807) is 0 Å². The maximum atomic E-state index is 11.5. The number of hydrogen-bond donors (Lipinski definition) is 3. The van der Waals surface area contributed by atoms with E-state index in [0.29, 0.717) is 0 Å². The van der Waals surface area contributed by atoms with Crippen LogP contribution in [0, 0.1) is 0 Å². The van der Waals surface area contributed by atoms with Gasteiger partial charge in [-0.15, -0.1) is 0 Å². The van der Waals surface area contributed by atoms with E-state index >= 15 is 0 Å². The van der Waals surface area contributed by atoms with Crippen molar-refractivity contribution >= 4 is 17.3 Å². The monoisotopic (exact) mass is 222 g/mol. The Hall–Kier alpha value is -2.21. The third-order valence-electron chi connectivity index (χ3n) is 2.36. The van der Waals surface area contributed by atoms with Crippen LogP contribution in [0.5, 0.6) is 11.5 Å². The second-order valence-corrected chi connectivity index (χ2v) is 3.31. The molecule has 0 unspecified atom stereocenters. The second kappa shape index (κ2) is 3.14. The number of carbonyl (C=O) groups is 3. The molecule has 1 aromatic carbocycles. The van der Waals surface area contributed by atoms with Crippen LogP contribution in [0.25, 0.3) is 0 Å². The van der Waals surface area contributed by atoms with E-state index in [1.807, 2.05) is 0 Å². The molecule has 82 valence electrons. The van der Waals surface area contributed by atoms with Gasteiger partial charge >= 0.3 is 0 Å². The van der Waals surface area contributed by atoms with Crippen LogP contribution in [0.2, 0.25) is 0 Å². The predicted molar refractivity (Wildman–Crippen MR) is 49.4 cm³/mol. The molecule has 0 saturated heterocycles. The molecule has 2 rings (SSSR count). The molecule has 6 heteroatoms. The van der Waals surface area contributed by atoms with Crippen molar-refractivity contribution in [3.05, 3.63) is 23.3 Å². The van der Waals surface area contributed by atoms with Gasteiger partial charge in [0.15, 0.2) is 6.10 Å². The summed E-state index contributed by atoms with van der Waals surface area (Å²) in [5.74, 6) is -4.72. The van der Waals surface area contributed by atoms with Crippen molar-refractivity contribution in [2.75, 3.05) is 0 Å². The summed E-state index contributed by atoms with van der Waals surface area (Å²) < 4.78 is 0. The van der Waals surface area contributed by atoms with Gasteiger partial charge < -0.3 is 15.3 Å². The Balaban J connectivity index is 2.82. The number of phenolic OH excluding ortho intramolecular Hbond substituents is 2. The van der Waals surface area contributed by atoms with Crippen molar-refractivity contribution in [2.45, 2.75) is 6.10 Å². The summed E-state index contributed by atoms with van der Waals surface area (Å²) in [6, 6.07) is 1.99. The number of fused-ring (bicyclic) bond motifs is 1. The molecular formula is C10H6O6. The van der Waals surface area contributed by atoms with Crippen LogP contribution in [0.15, 0.2) is 12.1 Å².